The quantitative estimate of drug-likeness (QED) is 0.0972. The van der Waals surface area contributed by atoms with Crippen molar-refractivity contribution in [2.45, 2.75) is 20.8 Å². The summed E-state index contributed by atoms with van der Waals surface area (Å²) in [6, 6.07) is 167. The lowest BCUT2D eigenvalue weighted by atomic mass is 9.98. The van der Waals surface area contributed by atoms with E-state index in [1.54, 1.807) is 22.7 Å². The van der Waals surface area contributed by atoms with E-state index in [4.69, 9.17) is 37.6 Å². The smallest absolute Gasteiger partial charge is 0.227 e. The third-order valence-electron chi connectivity index (χ3n) is 28.7. The van der Waals surface area contributed by atoms with Crippen LogP contribution in [0.15, 0.2) is 491 Å². The van der Waals surface area contributed by atoms with Gasteiger partial charge in [0.1, 0.15) is 32.1 Å². The Morgan fingerprint density at radius 1 is 0.167 bits per heavy atom. The summed E-state index contributed by atoms with van der Waals surface area (Å²) in [5.41, 5.74) is 42.8. The summed E-state index contributed by atoms with van der Waals surface area (Å²) in [4.78, 5) is 28.6. The molecule has 0 saturated carbocycles. The molecule has 0 aliphatic heterocycles. The van der Waals surface area contributed by atoms with Crippen LogP contribution in [-0.2, 0) is 0 Å². The van der Waals surface area contributed by atoms with Crippen molar-refractivity contribution in [1.29, 1.82) is 0 Å². The number of nitrogens with zero attached hydrogens (tertiary/aromatic N) is 9. The van der Waals surface area contributed by atoms with E-state index in [2.05, 4.69) is 408 Å². The topological polar surface area (TPSA) is 145 Å². The predicted molar refractivity (Wildman–Crippen MR) is 618 cm³/mol. The van der Waals surface area contributed by atoms with E-state index in [1.807, 2.05) is 109 Å². The first-order chi connectivity index (χ1) is 73.9. The maximum absolute atomic E-state index is 6.12. The number of hydrogen-bond acceptors (Lipinski definition) is 12. The lowest BCUT2D eigenvalue weighted by Crippen LogP contribution is -1.93. The molecule has 0 amide bonds. The van der Waals surface area contributed by atoms with Crippen molar-refractivity contribution >= 4 is 153 Å². The Bertz CT molecular complexity index is 9380. The van der Waals surface area contributed by atoms with E-state index in [1.165, 1.54) is 103 Å². The van der Waals surface area contributed by atoms with Crippen LogP contribution in [0, 0.1) is 20.8 Å². The van der Waals surface area contributed by atoms with Gasteiger partial charge in [-0.25, -0.2) is 29.9 Å². The zero-order valence-corrected chi connectivity index (χ0v) is 83.1. The number of aromatic nitrogens is 9. The molecule has 0 aliphatic rings. The highest BCUT2D eigenvalue weighted by atomic mass is 32.1. The average molecular weight is 1960 g/mol. The molecule has 9 aromatic heterocycles. The van der Waals surface area contributed by atoms with Crippen LogP contribution in [0.1, 0.15) is 16.7 Å². The first-order valence-electron chi connectivity index (χ1n) is 50.2. The minimum absolute atomic E-state index is 0.620. The number of aryl methyl sites for hydroxylation is 3. The first kappa shape index (κ1) is 88.4. The monoisotopic (exact) mass is 1960 g/mol. The largest absolute Gasteiger partial charge is 0.436 e. The Kier molecular flexibility index (Phi) is 21.7. The molecule has 0 fully saturated rings. The van der Waals surface area contributed by atoms with Crippen molar-refractivity contribution in [2.24, 2.45) is 0 Å². The minimum Gasteiger partial charge on any atom is -0.436 e. The van der Waals surface area contributed by atoms with Crippen molar-refractivity contribution < 1.29 is 17.7 Å². The fourth-order valence-electron chi connectivity index (χ4n) is 20.9. The van der Waals surface area contributed by atoms with Gasteiger partial charge in [0.15, 0.2) is 22.3 Å². The zero-order chi connectivity index (χ0) is 99.5. The molecule has 0 spiro atoms. The van der Waals surface area contributed by atoms with Crippen LogP contribution in [0.4, 0.5) is 0 Å². The Morgan fingerprint density at radius 3 is 0.647 bits per heavy atom. The lowest BCUT2D eigenvalue weighted by Gasteiger charge is -2.09. The molecule has 30 rings (SSSR count). The standard InChI is InChI=1S/2C45H29N3O2.C45H29N3S2/c1-28-16-20-35(21-17-28)48-40-22-18-31(29-8-6-10-33(24-29)44-46-38-12-2-4-14-42(38)49-44)26-36(40)37-27-32(19-23-41(37)48)30-9-7-11-34(25-30)45-47-39-13-3-5-15-43(39)50-45;2*1-28-10-22-35(23-11-28)48-40-24-20-33(29-12-16-31(17-13-29)44-46-38-6-2-4-8-42(38)49-44)26-36(40)37-27-34(21-25-41(37)48)30-14-18-32(19-15-30)45-47-39-7-3-5-9-43(39)50-45/h3*2-27H,1H3. The van der Waals surface area contributed by atoms with Crippen molar-refractivity contribution in [2.75, 3.05) is 0 Å². The predicted octanol–water partition coefficient (Wildman–Crippen LogP) is 37.1. The summed E-state index contributed by atoms with van der Waals surface area (Å²) in [7, 11) is 0. The van der Waals surface area contributed by atoms with Gasteiger partial charge in [0.25, 0.3) is 0 Å². The summed E-state index contributed by atoms with van der Waals surface area (Å²) in [6.45, 7) is 6.38. The summed E-state index contributed by atoms with van der Waals surface area (Å²) in [6.07, 6.45) is 0. The highest BCUT2D eigenvalue weighted by molar-refractivity contribution is 7.22. The van der Waals surface area contributed by atoms with Crippen LogP contribution in [0.3, 0.4) is 0 Å². The van der Waals surface area contributed by atoms with Gasteiger partial charge in [-0.1, -0.05) is 259 Å². The van der Waals surface area contributed by atoms with Crippen LogP contribution >= 0.6 is 22.7 Å². The molecular formula is C135H87N9O4S2. The molecule has 0 aliphatic carbocycles. The number of oxazole rings is 4. The lowest BCUT2D eigenvalue weighted by molar-refractivity contribution is 0.619. The summed E-state index contributed by atoms with van der Waals surface area (Å²) in [5, 5.41) is 9.34. The number of hydrogen-bond donors (Lipinski definition) is 0. The van der Waals surface area contributed by atoms with Gasteiger partial charge in [-0.2, -0.15) is 0 Å². The van der Waals surface area contributed by atoms with Crippen molar-refractivity contribution in [3.05, 3.63) is 490 Å². The van der Waals surface area contributed by atoms with Gasteiger partial charge in [-0.15, -0.1) is 22.7 Å². The number of fused-ring (bicyclic) bond motifs is 15. The zero-order valence-electron chi connectivity index (χ0n) is 81.5. The molecule has 21 aromatic carbocycles. The SMILES string of the molecule is Cc1ccc(-n2c3ccc(-c4ccc(-c5nc6ccccc6o5)cc4)cc3c3cc(-c4ccc(-c5nc6ccccc6o5)cc4)ccc32)cc1.Cc1ccc(-n2c3ccc(-c4ccc(-c5nc6ccccc6s5)cc4)cc3c3cc(-c4ccc(-c5nc6ccccc6s5)cc4)ccc32)cc1.Cc1ccc(-n2c3ccc(-c4cccc(-c5nc6ccccc6o5)c4)cc3c3cc(-c4cccc(-c5nc6ccccc6o5)c4)ccc32)cc1. The van der Waals surface area contributed by atoms with Crippen LogP contribution in [0.5, 0.6) is 0 Å². The molecule has 0 N–H and O–H groups in total. The van der Waals surface area contributed by atoms with Gasteiger partial charge in [0.05, 0.1) is 53.5 Å². The molecule has 0 unspecified atom stereocenters. The highest BCUT2D eigenvalue weighted by Crippen LogP contribution is 2.46. The second-order valence-electron chi connectivity index (χ2n) is 38.3. The number of rotatable bonds is 15. The fraction of sp³-hybridized carbons (Fsp3) is 0.0222. The normalized spacial score (nSPS) is 11.7. The molecule has 13 nitrogen and oxygen atoms in total. The van der Waals surface area contributed by atoms with Gasteiger partial charge >= 0.3 is 0 Å². The highest BCUT2D eigenvalue weighted by Gasteiger charge is 2.24. The van der Waals surface area contributed by atoms with Crippen LogP contribution < -0.4 is 0 Å². The van der Waals surface area contributed by atoms with Gasteiger partial charge < -0.3 is 31.4 Å². The number of thiazole rings is 2. The fourth-order valence-corrected chi connectivity index (χ4v) is 22.9. The number of para-hydroxylation sites is 10. The van der Waals surface area contributed by atoms with E-state index in [-0.39, 0.29) is 0 Å². The van der Waals surface area contributed by atoms with Crippen molar-refractivity contribution in [3.63, 3.8) is 0 Å². The van der Waals surface area contributed by atoms with E-state index >= 15 is 0 Å². The summed E-state index contributed by atoms with van der Waals surface area (Å²) in [5.74, 6) is 2.50. The van der Waals surface area contributed by atoms with Crippen molar-refractivity contribution in [1.82, 2.24) is 43.6 Å². The molecule has 708 valence electrons. The van der Waals surface area contributed by atoms with Crippen LogP contribution in [-0.4, -0.2) is 43.6 Å². The van der Waals surface area contributed by atoms with E-state index in [0.29, 0.717) is 23.6 Å². The average Bonchev–Trinajstić information content (AvgIpc) is 1.59. The maximum Gasteiger partial charge on any atom is 0.227 e. The third-order valence-corrected chi connectivity index (χ3v) is 30.9. The summed E-state index contributed by atoms with van der Waals surface area (Å²) >= 11 is 3.48. The van der Waals surface area contributed by atoms with Crippen LogP contribution in [0.2, 0.25) is 0 Å². The van der Waals surface area contributed by atoms with E-state index in [0.717, 1.165) is 171 Å². The molecule has 0 bridgehead atoms. The molecule has 30 aromatic rings. The van der Waals surface area contributed by atoms with Crippen molar-refractivity contribution in [3.8, 4) is 151 Å². The van der Waals surface area contributed by atoms with Gasteiger partial charge in [0.2, 0.25) is 23.6 Å². The Hall–Kier alpha value is -19.3. The molecular weight excluding hydrogens is 1880 g/mol. The van der Waals surface area contributed by atoms with E-state index in [9.17, 15) is 0 Å². The Morgan fingerprint density at radius 2 is 0.380 bits per heavy atom. The molecule has 0 saturated heterocycles. The number of benzene rings is 21. The van der Waals surface area contributed by atoms with Crippen LogP contribution in [0.25, 0.3) is 281 Å². The molecule has 15 heteroatoms. The minimum atomic E-state index is 0.620. The van der Waals surface area contributed by atoms with Gasteiger partial charge in [0, 0.05) is 82.8 Å². The molecule has 150 heavy (non-hydrogen) atoms. The summed E-state index contributed by atoms with van der Waals surface area (Å²) < 4.78 is 33.8. The van der Waals surface area contributed by atoms with Gasteiger partial charge in [-0.05, 0) is 318 Å². The Labute approximate surface area is 869 Å². The maximum atomic E-state index is 6.12. The third kappa shape index (κ3) is 16.3. The molecule has 0 atom stereocenters. The Balaban J connectivity index is 0.000000108. The second kappa shape index (κ2) is 36.8. The van der Waals surface area contributed by atoms with E-state index < -0.39 is 0 Å². The molecule has 9 heterocycles. The first-order valence-corrected chi connectivity index (χ1v) is 51.8. The molecule has 0 radical (unpaired) electrons. The van der Waals surface area contributed by atoms with Gasteiger partial charge in [-0.3, -0.25) is 0 Å². The second-order valence-corrected chi connectivity index (χ2v) is 40.4.